The third-order valence-electron chi connectivity index (χ3n) is 4.07. The van der Waals surface area contributed by atoms with E-state index in [1.165, 1.54) is 39.2 Å². The van der Waals surface area contributed by atoms with Crippen LogP contribution in [0.1, 0.15) is 32.5 Å². The molecule has 0 aliphatic carbocycles. The van der Waals surface area contributed by atoms with Crippen LogP contribution in [0, 0.1) is 0 Å². The minimum atomic E-state index is -0.136. The Morgan fingerprint density at radius 1 is 1.04 bits per heavy atom. The molecule has 0 saturated carbocycles. The lowest BCUT2D eigenvalue weighted by molar-refractivity contribution is 0.101. The molecule has 3 nitrogen and oxygen atoms in total. The third kappa shape index (κ3) is 3.13. The van der Waals surface area contributed by atoms with E-state index in [1.807, 2.05) is 18.2 Å². The molecule has 5 heteroatoms. The van der Waals surface area contributed by atoms with Crippen LogP contribution in [0.3, 0.4) is 0 Å². The summed E-state index contributed by atoms with van der Waals surface area (Å²) in [5, 5.41) is 2.90. The zero-order chi connectivity index (χ0) is 17.4. The first-order valence-corrected chi connectivity index (χ1v) is 9.69. The molecular weight excluding hydrogens is 350 g/mol. The normalized spacial score (nSPS) is 12.2. The van der Waals surface area contributed by atoms with Crippen LogP contribution in [0.4, 0.5) is 5.69 Å². The molecule has 3 aromatic rings. The number of thiophene rings is 1. The van der Waals surface area contributed by atoms with Crippen molar-refractivity contribution >= 4 is 40.5 Å². The van der Waals surface area contributed by atoms with E-state index in [0.717, 1.165) is 5.75 Å². The number of Topliss-reactive ketones (excluding diaryl/α,β-unsaturated/α-hetero) is 1. The van der Waals surface area contributed by atoms with E-state index in [1.54, 1.807) is 36.0 Å². The summed E-state index contributed by atoms with van der Waals surface area (Å²) in [5.41, 5.74) is 3.64. The van der Waals surface area contributed by atoms with Crippen molar-refractivity contribution in [2.75, 3.05) is 5.32 Å². The lowest BCUT2D eigenvalue weighted by Gasteiger charge is -2.14. The van der Waals surface area contributed by atoms with Gasteiger partial charge in [-0.1, -0.05) is 30.3 Å². The second-order valence-electron chi connectivity index (χ2n) is 5.84. The smallest absolute Gasteiger partial charge is 0.265 e. The maximum absolute atomic E-state index is 12.6. The van der Waals surface area contributed by atoms with Crippen molar-refractivity contribution in [2.45, 2.75) is 17.6 Å². The summed E-state index contributed by atoms with van der Waals surface area (Å²) in [6.45, 7) is 1.52. The Morgan fingerprint density at radius 2 is 1.88 bits per heavy atom. The van der Waals surface area contributed by atoms with E-state index in [0.29, 0.717) is 16.1 Å². The van der Waals surface area contributed by atoms with E-state index >= 15 is 0 Å². The van der Waals surface area contributed by atoms with Gasteiger partial charge in [-0.3, -0.25) is 9.59 Å². The summed E-state index contributed by atoms with van der Waals surface area (Å²) in [5.74, 6) is 0.731. The predicted molar refractivity (Wildman–Crippen MR) is 104 cm³/mol. The molecule has 2 heterocycles. The Kier molecular flexibility index (Phi) is 4.19. The second-order valence-corrected chi connectivity index (χ2v) is 7.91. The number of anilines is 1. The van der Waals surface area contributed by atoms with Crippen molar-refractivity contribution in [3.8, 4) is 10.4 Å². The quantitative estimate of drug-likeness (QED) is 0.626. The molecule has 1 N–H and O–H groups in total. The number of benzene rings is 2. The van der Waals surface area contributed by atoms with Gasteiger partial charge < -0.3 is 5.32 Å². The van der Waals surface area contributed by atoms with E-state index < -0.39 is 0 Å². The number of amides is 1. The first-order chi connectivity index (χ1) is 12.1. The van der Waals surface area contributed by atoms with E-state index in [2.05, 4.69) is 17.4 Å². The summed E-state index contributed by atoms with van der Waals surface area (Å²) in [6, 6.07) is 17.3. The van der Waals surface area contributed by atoms with E-state index in [-0.39, 0.29) is 11.7 Å². The molecule has 1 aliphatic heterocycles. The number of ketones is 1. The average molecular weight is 365 g/mol. The molecule has 2 aromatic carbocycles. The van der Waals surface area contributed by atoms with Crippen molar-refractivity contribution in [3.63, 3.8) is 0 Å². The molecule has 1 amide bonds. The highest BCUT2D eigenvalue weighted by Gasteiger charge is 2.21. The molecule has 25 heavy (non-hydrogen) atoms. The molecule has 0 saturated heterocycles. The number of fused-ring (bicyclic) bond motifs is 3. The second kappa shape index (κ2) is 6.50. The van der Waals surface area contributed by atoms with Gasteiger partial charge in [0.1, 0.15) is 0 Å². The standard InChI is InChI=1S/C20H15NO2S2/c1-12(22)13-5-4-6-15(9-13)21-20(23)18-10-14-11-24-17-8-3-2-7-16(17)19(14)25-18/h2-10H,11H2,1H3,(H,21,23). The molecular formula is C20H15NO2S2. The Bertz CT molecular complexity index is 991. The van der Waals surface area contributed by atoms with Gasteiger partial charge in [0.05, 0.1) is 4.88 Å². The molecule has 0 atom stereocenters. The monoisotopic (exact) mass is 365 g/mol. The number of thioether (sulfide) groups is 1. The highest BCUT2D eigenvalue weighted by molar-refractivity contribution is 7.98. The van der Waals surface area contributed by atoms with Crippen LogP contribution in [0.5, 0.6) is 0 Å². The zero-order valence-corrected chi connectivity index (χ0v) is 15.2. The van der Waals surface area contributed by atoms with Crippen LogP contribution in [-0.2, 0) is 5.75 Å². The van der Waals surface area contributed by atoms with Crippen LogP contribution in [0.25, 0.3) is 10.4 Å². The number of carbonyl (C=O) groups is 2. The van der Waals surface area contributed by atoms with Crippen molar-refractivity contribution in [2.24, 2.45) is 0 Å². The van der Waals surface area contributed by atoms with Crippen molar-refractivity contribution < 1.29 is 9.59 Å². The number of hydrogen-bond donors (Lipinski definition) is 1. The van der Waals surface area contributed by atoms with E-state index in [4.69, 9.17) is 0 Å². The molecule has 0 radical (unpaired) electrons. The Balaban J connectivity index is 1.62. The number of rotatable bonds is 3. The van der Waals surface area contributed by atoms with Crippen LogP contribution >= 0.6 is 23.1 Å². The summed E-state index contributed by atoms with van der Waals surface area (Å²) in [7, 11) is 0. The lowest BCUT2D eigenvalue weighted by Crippen LogP contribution is -2.10. The van der Waals surface area contributed by atoms with Gasteiger partial charge in [-0.25, -0.2) is 0 Å². The molecule has 0 spiro atoms. The highest BCUT2D eigenvalue weighted by Crippen LogP contribution is 2.45. The number of carbonyl (C=O) groups excluding carboxylic acids is 2. The van der Waals surface area contributed by atoms with Crippen LogP contribution in [-0.4, -0.2) is 11.7 Å². The van der Waals surface area contributed by atoms with Gasteiger partial charge in [0.2, 0.25) is 0 Å². The zero-order valence-electron chi connectivity index (χ0n) is 13.5. The minimum absolute atomic E-state index is 0.0173. The fourth-order valence-electron chi connectivity index (χ4n) is 2.82. The first kappa shape index (κ1) is 16.1. The molecule has 4 rings (SSSR count). The average Bonchev–Trinajstić information content (AvgIpc) is 3.07. The van der Waals surface area contributed by atoms with Crippen molar-refractivity contribution in [1.82, 2.24) is 0 Å². The lowest BCUT2D eigenvalue weighted by atomic mass is 10.1. The van der Waals surface area contributed by atoms with Crippen LogP contribution in [0.15, 0.2) is 59.5 Å². The van der Waals surface area contributed by atoms with Crippen molar-refractivity contribution in [1.29, 1.82) is 0 Å². The summed E-state index contributed by atoms with van der Waals surface area (Å²) in [4.78, 5) is 27.3. The van der Waals surface area contributed by atoms with E-state index in [9.17, 15) is 9.59 Å². The van der Waals surface area contributed by atoms with Crippen LogP contribution in [0.2, 0.25) is 0 Å². The van der Waals surface area contributed by atoms with Gasteiger partial charge >= 0.3 is 0 Å². The van der Waals surface area contributed by atoms with Crippen molar-refractivity contribution in [3.05, 3.63) is 70.6 Å². The van der Waals surface area contributed by atoms with Gasteiger partial charge in [0, 0.05) is 32.3 Å². The maximum atomic E-state index is 12.6. The maximum Gasteiger partial charge on any atom is 0.265 e. The summed E-state index contributed by atoms with van der Waals surface area (Å²) in [6.07, 6.45) is 0. The molecule has 0 fully saturated rings. The fourth-order valence-corrected chi connectivity index (χ4v) is 5.13. The van der Waals surface area contributed by atoms with Gasteiger partial charge in [-0.2, -0.15) is 0 Å². The van der Waals surface area contributed by atoms with Gasteiger partial charge in [-0.15, -0.1) is 23.1 Å². The Hall–Kier alpha value is -2.37. The topological polar surface area (TPSA) is 46.2 Å². The molecule has 124 valence electrons. The molecule has 0 bridgehead atoms. The van der Waals surface area contributed by atoms with Crippen LogP contribution < -0.4 is 5.32 Å². The largest absolute Gasteiger partial charge is 0.321 e. The Morgan fingerprint density at radius 3 is 2.72 bits per heavy atom. The fraction of sp³-hybridized carbons (Fsp3) is 0.100. The molecule has 1 aliphatic rings. The molecule has 1 aromatic heterocycles. The SMILES string of the molecule is CC(=O)c1cccc(NC(=O)c2cc3c(s2)-c2ccccc2SC3)c1. The predicted octanol–water partition coefficient (Wildman–Crippen LogP) is 5.48. The minimum Gasteiger partial charge on any atom is -0.321 e. The number of hydrogen-bond acceptors (Lipinski definition) is 4. The third-order valence-corrected chi connectivity index (χ3v) is 6.41. The van der Waals surface area contributed by atoms with Gasteiger partial charge in [-0.05, 0) is 36.8 Å². The Labute approximate surface area is 154 Å². The number of nitrogens with one attached hydrogen (secondary N) is 1. The summed E-state index contributed by atoms with van der Waals surface area (Å²) >= 11 is 3.33. The molecule has 0 unspecified atom stereocenters. The van der Waals surface area contributed by atoms with Gasteiger partial charge in [0.25, 0.3) is 5.91 Å². The highest BCUT2D eigenvalue weighted by atomic mass is 32.2. The first-order valence-electron chi connectivity index (χ1n) is 7.89. The summed E-state index contributed by atoms with van der Waals surface area (Å²) < 4.78 is 0. The van der Waals surface area contributed by atoms with Gasteiger partial charge in [0.15, 0.2) is 5.78 Å².